The molecule has 2 aromatic carbocycles. The summed E-state index contributed by atoms with van der Waals surface area (Å²) in [6.07, 6.45) is 0.457. The average Bonchev–Trinajstić information content (AvgIpc) is 2.54. The topological polar surface area (TPSA) is 96.2 Å². The number of azo groups is 1. The number of carbonyl (C=O) groups excluding carboxylic acids is 1. The maximum atomic E-state index is 12.4. The van der Waals surface area contributed by atoms with Gasteiger partial charge >= 0.3 is 5.76 Å². The average molecular weight is 340 g/mol. The number of phenols is 1. The smallest absolute Gasteiger partial charge is 0.341 e. The number of hydrogen-bond acceptors (Lipinski definition) is 6. The first-order valence-electron chi connectivity index (χ1n) is 6.16. The number of benzene rings is 2. The standard InChI is InChI=1S/C14H10F2N2O4S/c15-14(16)23(21,22)12-4-1-10(2-5-12)17-18-11-3-6-13(20)9(7-11)8-19/h1-8,14,20H. The van der Waals surface area contributed by atoms with Crippen molar-refractivity contribution in [3.05, 3.63) is 48.0 Å². The zero-order chi connectivity index (χ0) is 17.0. The van der Waals surface area contributed by atoms with Crippen LogP contribution < -0.4 is 0 Å². The highest BCUT2D eigenvalue weighted by Gasteiger charge is 2.26. The normalized spacial score (nSPS) is 12.0. The van der Waals surface area contributed by atoms with Crippen molar-refractivity contribution in [2.45, 2.75) is 10.7 Å². The van der Waals surface area contributed by atoms with Crippen molar-refractivity contribution < 1.29 is 27.1 Å². The zero-order valence-electron chi connectivity index (χ0n) is 11.4. The molecule has 0 aliphatic carbocycles. The van der Waals surface area contributed by atoms with E-state index in [1.54, 1.807) is 0 Å². The maximum Gasteiger partial charge on any atom is 0.341 e. The number of phenolic OH excluding ortho intramolecular Hbond substituents is 1. The van der Waals surface area contributed by atoms with Crippen LogP contribution >= 0.6 is 0 Å². The Bertz CT molecular complexity index is 850. The van der Waals surface area contributed by atoms with E-state index in [1.165, 1.54) is 30.3 Å². The molecule has 0 unspecified atom stereocenters. The number of hydrogen-bond donors (Lipinski definition) is 1. The first kappa shape index (κ1) is 16.7. The highest BCUT2D eigenvalue weighted by molar-refractivity contribution is 7.91. The Morgan fingerprint density at radius 1 is 1.00 bits per heavy atom. The van der Waals surface area contributed by atoms with Crippen LogP contribution in [0.3, 0.4) is 0 Å². The molecule has 0 aliphatic rings. The minimum atomic E-state index is -4.65. The van der Waals surface area contributed by atoms with Crippen LogP contribution in [0, 0.1) is 0 Å². The SMILES string of the molecule is O=Cc1cc(N=Nc2ccc(S(=O)(=O)C(F)F)cc2)ccc1O. The summed E-state index contributed by atoms with van der Waals surface area (Å²) in [4.78, 5) is 10.2. The van der Waals surface area contributed by atoms with Gasteiger partial charge in [0.05, 0.1) is 21.8 Å². The molecule has 0 radical (unpaired) electrons. The van der Waals surface area contributed by atoms with Gasteiger partial charge in [-0.2, -0.15) is 19.0 Å². The van der Waals surface area contributed by atoms with Crippen LogP contribution in [-0.2, 0) is 9.84 Å². The van der Waals surface area contributed by atoms with E-state index in [1.807, 2.05) is 0 Å². The first-order chi connectivity index (χ1) is 10.8. The second-order valence-corrected chi connectivity index (χ2v) is 6.28. The number of halogens is 2. The first-order valence-corrected chi connectivity index (χ1v) is 7.71. The van der Waals surface area contributed by atoms with E-state index in [-0.39, 0.29) is 22.7 Å². The van der Waals surface area contributed by atoms with Crippen LogP contribution in [0.1, 0.15) is 10.4 Å². The number of nitrogens with zero attached hydrogens (tertiary/aromatic N) is 2. The molecule has 0 aromatic heterocycles. The molecule has 0 aliphatic heterocycles. The molecule has 120 valence electrons. The van der Waals surface area contributed by atoms with E-state index in [9.17, 15) is 27.1 Å². The Labute approximate surface area is 130 Å². The van der Waals surface area contributed by atoms with Gasteiger partial charge in [0.15, 0.2) is 6.29 Å². The Balaban J connectivity index is 2.23. The third kappa shape index (κ3) is 3.75. The predicted molar refractivity (Wildman–Crippen MR) is 77.3 cm³/mol. The minimum Gasteiger partial charge on any atom is -0.507 e. The lowest BCUT2D eigenvalue weighted by molar-refractivity contribution is 0.112. The van der Waals surface area contributed by atoms with Crippen molar-refractivity contribution in [1.29, 1.82) is 0 Å². The number of sulfone groups is 1. The largest absolute Gasteiger partial charge is 0.507 e. The van der Waals surface area contributed by atoms with Crippen LogP contribution in [0.5, 0.6) is 5.75 Å². The van der Waals surface area contributed by atoms with E-state index in [2.05, 4.69) is 10.2 Å². The number of rotatable bonds is 5. The predicted octanol–water partition coefficient (Wildman–Crippen LogP) is 3.62. The number of alkyl halides is 2. The fourth-order valence-electron chi connectivity index (χ4n) is 1.62. The number of aromatic hydroxyl groups is 1. The van der Waals surface area contributed by atoms with Gasteiger partial charge in [0.25, 0.3) is 0 Å². The third-order valence-corrected chi connectivity index (χ3v) is 4.22. The molecule has 0 amide bonds. The number of carbonyl (C=O) groups is 1. The van der Waals surface area contributed by atoms with E-state index in [0.29, 0.717) is 6.29 Å². The molecule has 6 nitrogen and oxygen atoms in total. The molecule has 0 bridgehead atoms. The van der Waals surface area contributed by atoms with Gasteiger partial charge in [-0.15, -0.1) is 0 Å². The Morgan fingerprint density at radius 2 is 1.57 bits per heavy atom. The lowest BCUT2D eigenvalue weighted by atomic mass is 10.2. The van der Waals surface area contributed by atoms with Gasteiger partial charge in [0.2, 0.25) is 9.84 Å². The molecular formula is C14H10F2N2O4S. The molecule has 0 fully saturated rings. The summed E-state index contributed by atoms with van der Waals surface area (Å²) in [5.41, 5.74) is 0.563. The summed E-state index contributed by atoms with van der Waals surface area (Å²) in [5, 5.41) is 17.0. The van der Waals surface area contributed by atoms with Gasteiger partial charge in [-0.05, 0) is 42.5 Å². The van der Waals surface area contributed by atoms with Crippen LogP contribution in [0.15, 0.2) is 57.6 Å². The molecular weight excluding hydrogens is 330 g/mol. The van der Waals surface area contributed by atoms with Gasteiger partial charge in [0, 0.05) is 0 Å². The Morgan fingerprint density at radius 3 is 2.13 bits per heavy atom. The third-order valence-electron chi connectivity index (χ3n) is 2.82. The van der Waals surface area contributed by atoms with Crippen molar-refractivity contribution in [1.82, 2.24) is 0 Å². The van der Waals surface area contributed by atoms with Gasteiger partial charge < -0.3 is 5.11 Å². The summed E-state index contributed by atoms with van der Waals surface area (Å²) in [6, 6.07) is 8.45. The summed E-state index contributed by atoms with van der Waals surface area (Å²) in [6.45, 7) is 0. The summed E-state index contributed by atoms with van der Waals surface area (Å²) < 4.78 is 47.3. The van der Waals surface area contributed by atoms with Gasteiger partial charge in [-0.3, -0.25) is 4.79 Å². The minimum absolute atomic E-state index is 0.0415. The molecule has 2 rings (SSSR count). The van der Waals surface area contributed by atoms with Crippen LogP contribution in [-0.4, -0.2) is 25.6 Å². The quantitative estimate of drug-likeness (QED) is 0.664. The van der Waals surface area contributed by atoms with E-state index >= 15 is 0 Å². The zero-order valence-corrected chi connectivity index (χ0v) is 12.2. The summed E-state index contributed by atoms with van der Waals surface area (Å²) in [7, 11) is -4.65. The second kappa shape index (κ2) is 6.61. The monoisotopic (exact) mass is 340 g/mol. The van der Waals surface area contributed by atoms with Gasteiger partial charge in [-0.25, -0.2) is 8.42 Å². The second-order valence-electron chi connectivity index (χ2n) is 4.36. The fourth-order valence-corrected chi connectivity index (χ4v) is 2.34. The molecule has 0 heterocycles. The van der Waals surface area contributed by atoms with Gasteiger partial charge in [-0.1, -0.05) is 0 Å². The molecule has 1 N–H and O–H groups in total. The van der Waals surface area contributed by atoms with Crippen molar-refractivity contribution >= 4 is 27.5 Å². The maximum absolute atomic E-state index is 12.4. The van der Waals surface area contributed by atoms with Crippen molar-refractivity contribution in [3.63, 3.8) is 0 Å². The highest BCUT2D eigenvalue weighted by atomic mass is 32.2. The number of aldehydes is 1. The van der Waals surface area contributed by atoms with E-state index < -0.39 is 20.5 Å². The van der Waals surface area contributed by atoms with Crippen molar-refractivity contribution in [3.8, 4) is 5.75 Å². The Kier molecular flexibility index (Phi) is 4.80. The van der Waals surface area contributed by atoms with Crippen molar-refractivity contribution in [2.24, 2.45) is 10.2 Å². The lowest BCUT2D eigenvalue weighted by Gasteiger charge is -2.02. The summed E-state index contributed by atoms with van der Waals surface area (Å²) >= 11 is 0. The van der Waals surface area contributed by atoms with Crippen LogP contribution in [0.25, 0.3) is 0 Å². The Hall–Kier alpha value is -2.68. The lowest BCUT2D eigenvalue weighted by Crippen LogP contribution is -2.10. The molecule has 0 saturated heterocycles. The highest BCUT2D eigenvalue weighted by Crippen LogP contribution is 2.25. The molecule has 0 saturated carbocycles. The molecule has 9 heteroatoms. The summed E-state index contributed by atoms with van der Waals surface area (Å²) in [5.74, 6) is -3.69. The van der Waals surface area contributed by atoms with Crippen LogP contribution in [0.2, 0.25) is 0 Å². The fraction of sp³-hybridized carbons (Fsp3) is 0.0714. The molecule has 2 aromatic rings. The van der Waals surface area contributed by atoms with Crippen molar-refractivity contribution in [2.75, 3.05) is 0 Å². The van der Waals surface area contributed by atoms with E-state index in [0.717, 1.165) is 12.1 Å². The van der Waals surface area contributed by atoms with Crippen LogP contribution in [0.4, 0.5) is 20.2 Å². The van der Waals surface area contributed by atoms with E-state index in [4.69, 9.17) is 0 Å². The molecule has 23 heavy (non-hydrogen) atoms. The molecule has 0 atom stereocenters. The molecule has 0 spiro atoms. The van der Waals surface area contributed by atoms with Gasteiger partial charge in [0.1, 0.15) is 5.75 Å².